The normalized spacial score (nSPS) is 21.9. The standard InChI is InChI=1S/C13H21BrN4O2/c1-4-15-11-10(14)12(17-8-16-11)18-5-9(6-19)20-13(2,3)7-18/h8-9,19H,4-7H2,1-3H3,(H,15,16,17). The first-order chi connectivity index (χ1) is 9.46. The number of hydrogen-bond acceptors (Lipinski definition) is 6. The first-order valence-corrected chi connectivity index (χ1v) is 7.54. The highest BCUT2D eigenvalue weighted by Crippen LogP contribution is 2.33. The van der Waals surface area contributed by atoms with Gasteiger partial charge in [-0.1, -0.05) is 0 Å². The van der Waals surface area contributed by atoms with Gasteiger partial charge in [0, 0.05) is 19.6 Å². The van der Waals surface area contributed by atoms with E-state index in [-0.39, 0.29) is 18.3 Å². The van der Waals surface area contributed by atoms with Crippen molar-refractivity contribution < 1.29 is 9.84 Å². The fourth-order valence-corrected chi connectivity index (χ4v) is 3.02. The number of nitrogens with zero attached hydrogens (tertiary/aromatic N) is 3. The zero-order valence-corrected chi connectivity index (χ0v) is 13.6. The molecule has 0 aromatic carbocycles. The molecule has 0 saturated carbocycles. The fraction of sp³-hybridized carbons (Fsp3) is 0.692. The number of rotatable bonds is 4. The molecule has 0 bridgehead atoms. The summed E-state index contributed by atoms with van der Waals surface area (Å²) in [4.78, 5) is 10.7. The van der Waals surface area contributed by atoms with Crippen molar-refractivity contribution in [2.24, 2.45) is 0 Å². The second-order valence-corrected chi connectivity index (χ2v) is 6.25. The van der Waals surface area contributed by atoms with Crippen molar-refractivity contribution in [3.8, 4) is 0 Å². The average molecular weight is 345 g/mol. The zero-order chi connectivity index (χ0) is 14.8. The van der Waals surface area contributed by atoms with E-state index in [1.54, 1.807) is 6.33 Å². The zero-order valence-electron chi connectivity index (χ0n) is 12.1. The number of hydrogen-bond donors (Lipinski definition) is 2. The van der Waals surface area contributed by atoms with Gasteiger partial charge >= 0.3 is 0 Å². The van der Waals surface area contributed by atoms with Crippen LogP contribution in [0.3, 0.4) is 0 Å². The summed E-state index contributed by atoms with van der Waals surface area (Å²) in [6.07, 6.45) is 1.34. The molecule has 1 fully saturated rings. The molecule has 2 rings (SSSR count). The topological polar surface area (TPSA) is 70.5 Å². The Morgan fingerprint density at radius 1 is 1.55 bits per heavy atom. The van der Waals surface area contributed by atoms with Crippen molar-refractivity contribution >= 4 is 27.6 Å². The van der Waals surface area contributed by atoms with E-state index >= 15 is 0 Å². The van der Waals surface area contributed by atoms with E-state index in [0.29, 0.717) is 13.1 Å². The molecule has 0 amide bonds. The molecule has 1 saturated heterocycles. The summed E-state index contributed by atoms with van der Waals surface area (Å²) in [6.45, 7) is 8.18. The van der Waals surface area contributed by atoms with Crippen LogP contribution in [0.15, 0.2) is 10.8 Å². The van der Waals surface area contributed by atoms with Gasteiger partial charge in [0.2, 0.25) is 0 Å². The summed E-state index contributed by atoms with van der Waals surface area (Å²) in [5, 5.41) is 12.6. The largest absolute Gasteiger partial charge is 0.394 e. The van der Waals surface area contributed by atoms with Crippen molar-refractivity contribution in [1.82, 2.24) is 9.97 Å². The SMILES string of the molecule is CCNc1ncnc(N2CC(CO)OC(C)(C)C2)c1Br. The molecule has 6 nitrogen and oxygen atoms in total. The number of aliphatic hydroxyl groups is 1. The number of aromatic nitrogens is 2. The van der Waals surface area contributed by atoms with Gasteiger partial charge in [-0.05, 0) is 36.7 Å². The number of halogens is 1. The molecule has 1 aromatic heterocycles. The minimum Gasteiger partial charge on any atom is -0.394 e. The molecule has 0 radical (unpaired) electrons. The van der Waals surface area contributed by atoms with Gasteiger partial charge in [0.1, 0.15) is 22.4 Å². The van der Waals surface area contributed by atoms with Gasteiger partial charge in [0.15, 0.2) is 0 Å². The van der Waals surface area contributed by atoms with Crippen molar-refractivity contribution in [1.29, 1.82) is 0 Å². The van der Waals surface area contributed by atoms with Crippen molar-refractivity contribution in [2.75, 3.05) is 36.5 Å². The molecule has 0 aliphatic carbocycles. The van der Waals surface area contributed by atoms with Crippen LogP contribution < -0.4 is 10.2 Å². The molecule has 1 aliphatic heterocycles. The summed E-state index contributed by atoms with van der Waals surface area (Å²) in [6, 6.07) is 0. The molecule has 112 valence electrons. The van der Waals surface area contributed by atoms with E-state index in [1.807, 2.05) is 20.8 Å². The van der Waals surface area contributed by atoms with E-state index in [9.17, 15) is 5.11 Å². The molecule has 1 aliphatic rings. The Kier molecular flexibility index (Phi) is 4.82. The molecule has 2 N–H and O–H groups in total. The Balaban J connectivity index is 2.28. The summed E-state index contributed by atoms with van der Waals surface area (Å²) in [5.41, 5.74) is -0.325. The predicted octanol–water partition coefficient (Wildman–Crippen LogP) is 1.65. The maximum Gasteiger partial charge on any atom is 0.148 e. The van der Waals surface area contributed by atoms with Crippen molar-refractivity contribution in [3.05, 3.63) is 10.8 Å². The highest BCUT2D eigenvalue weighted by Gasteiger charge is 2.34. The summed E-state index contributed by atoms with van der Waals surface area (Å²) < 4.78 is 6.67. The summed E-state index contributed by atoms with van der Waals surface area (Å²) >= 11 is 3.56. The lowest BCUT2D eigenvalue weighted by atomic mass is 10.1. The van der Waals surface area contributed by atoms with Gasteiger partial charge in [-0.15, -0.1) is 0 Å². The number of aliphatic hydroxyl groups excluding tert-OH is 1. The van der Waals surface area contributed by atoms with Crippen LogP contribution in [-0.2, 0) is 4.74 Å². The second-order valence-electron chi connectivity index (χ2n) is 5.45. The van der Waals surface area contributed by atoms with E-state index in [4.69, 9.17) is 4.74 Å². The molecular formula is C13H21BrN4O2. The van der Waals surface area contributed by atoms with Crippen LogP contribution in [0.2, 0.25) is 0 Å². The Bertz CT molecular complexity index is 470. The lowest BCUT2D eigenvalue weighted by Gasteiger charge is -2.43. The smallest absolute Gasteiger partial charge is 0.148 e. The van der Waals surface area contributed by atoms with Crippen molar-refractivity contribution in [2.45, 2.75) is 32.5 Å². The molecule has 7 heteroatoms. The van der Waals surface area contributed by atoms with Crippen LogP contribution >= 0.6 is 15.9 Å². The molecule has 1 aromatic rings. The van der Waals surface area contributed by atoms with Gasteiger partial charge in [-0.25, -0.2) is 9.97 Å². The minimum atomic E-state index is -0.325. The Morgan fingerprint density at radius 3 is 2.95 bits per heavy atom. The number of nitrogens with one attached hydrogen (secondary N) is 1. The lowest BCUT2D eigenvalue weighted by Crippen LogP contribution is -2.54. The molecule has 1 unspecified atom stereocenters. The molecule has 1 atom stereocenters. The molecule has 2 heterocycles. The van der Waals surface area contributed by atoms with Crippen LogP contribution in [0, 0.1) is 0 Å². The molecule has 20 heavy (non-hydrogen) atoms. The Labute approximate surface area is 127 Å². The van der Waals surface area contributed by atoms with E-state index in [2.05, 4.69) is 36.1 Å². The number of ether oxygens (including phenoxy) is 1. The number of anilines is 2. The predicted molar refractivity (Wildman–Crippen MR) is 82.1 cm³/mol. The Morgan fingerprint density at radius 2 is 2.30 bits per heavy atom. The quantitative estimate of drug-likeness (QED) is 0.865. The van der Waals surface area contributed by atoms with Crippen LogP contribution in [-0.4, -0.2) is 53.0 Å². The van der Waals surface area contributed by atoms with Crippen molar-refractivity contribution in [3.63, 3.8) is 0 Å². The van der Waals surface area contributed by atoms with Gasteiger partial charge in [0.25, 0.3) is 0 Å². The van der Waals surface area contributed by atoms with Crippen LogP contribution in [0.1, 0.15) is 20.8 Å². The van der Waals surface area contributed by atoms with E-state index < -0.39 is 0 Å². The maximum absolute atomic E-state index is 9.39. The third-order valence-corrected chi connectivity index (χ3v) is 3.83. The first kappa shape index (κ1) is 15.5. The molecule has 0 spiro atoms. The monoisotopic (exact) mass is 344 g/mol. The lowest BCUT2D eigenvalue weighted by molar-refractivity contribution is -0.101. The highest BCUT2D eigenvalue weighted by molar-refractivity contribution is 9.10. The van der Waals surface area contributed by atoms with Crippen LogP contribution in [0.5, 0.6) is 0 Å². The first-order valence-electron chi connectivity index (χ1n) is 6.75. The van der Waals surface area contributed by atoms with E-state index in [0.717, 1.165) is 22.7 Å². The van der Waals surface area contributed by atoms with Crippen LogP contribution in [0.25, 0.3) is 0 Å². The summed E-state index contributed by atoms with van der Waals surface area (Å²) in [7, 11) is 0. The highest BCUT2D eigenvalue weighted by atomic mass is 79.9. The van der Waals surface area contributed by atoms with Gasteiger partial charge in [0.05, 0.1) is 18.3 Å². The van der Waals surface area contributed by atoms with E-state index in [1.165, 1.54) is 0 Å². The van der Waals surface area contributed by atoms with Gasteiger partial charge in [-0.3, -0.25) is 0 Å². The maximum atomic E-state index is 9.39. The third kappa shape index (κ3) is 3.39. The summed E-state index contributed by atoms with van der Waals surface area (Å²) in [5.74, 6) is 1.60. The average Bonchev–Trinajstić information content (AvgIpc) is 2.39. The second kappa shape index (κ2) is 6.24. The third-order valence-electron chi connectivity index (χ3n) is 3.10. The van der Waals surface area contributed by atoms with Gasteiger partial charge in [-0.2, -0.15) is 0 Å². The molecular weight excluding hydrogens is 324 g/mol. The van der Waals surface area contributed by atoms with Gasteiger partial charge < -0.3 is 20.1 Å². The fourth-order valence-electron chi connectivity index (χ4n) is 2.42. The van der Waals surface area contributed by atoms with Crippen LogP contribution in [0.4, 0.5) is 11.6 Å². The number of morpholine rings is 1. The minimum absolute atomic E-state index is 0.00268. The Hall–Kier alpha value is -0.920.